The summed E-state index contributed by atoms with van der Waals surface area (Å²) in [6, 6.07) is 17.7. The van der Waals surface area contributed by atoms with Gasteiger partial charge in [0.15, 0.2) is 0 Å². The van der Waals surface area contributed by atoms with Crippen molar-refractivity contribution in [3.63, 3.8) is 0 Å². The number of halogens is 1. The van der Waals surface area contributed by atoms with Gasteiger partial charge in [-0.2, -0.15) is 0 Å². The average Bonchev–Trinajstić information content (AvgIpc) is 2.54. The second-order valence-corrected chi connectivity index (χ2v) is 6.93. The van der Waals surface area contributed by atoms with E-state index < -0.39 is 0 Å². The van der Waals surface area contributed by atoms with Crippen molar-refractivity contribution in [2.24, 2.45) is 0 Å². The van der Waals surface area contributed by atoms with Crippen LogP contribution >= 0.6 is 23.4 Å². The van der Waals surface area contributed by atoms with Gasteiger partial charge in [0.1, 0.15) is 0 Å². The molecule has 0 saturated heterocycles. The normalized spacial score (nSPS) is 11.9. The number of carbonyl (C=O) groups is 1. The van der Waals surface area contributed by atoms with E-state index in [9.17, 15) is 4.79 Å². The molecular formula is C18H20ClNOS. The summed E-state index contributed by atoms with van der Waals surface area (Å²) < 4.78 is 0. The predicted molar refractivity (Wildman–Crippen MR) is 96.8 cm³/mol. The number of hydrogen-bond acceptors (Lipinski definition) is 2. The highest BCUT2D eigenvalue weighted by Gasteiger charge is 2.14. The van der Waals surface area contributed by atoms with Gasteiger partial charge in [0.25, 0.3) is 0 Å². The van der Waals surface area contributed by atoms with Crippen LogP contribution in [0.25, 0.3) is 0 Å². The van der Waals surface area contributed by atoms with Crippen LogP contribution in [-0.2, 0) is 11.2 Å². The molecule has 2 aromatic rings. The Morgan fingerprint density at radius 2 is 1.82 bits per heavy atom. The molecule has 2 rings (SSSR count). The largest absolute Gasteiger partial charge is 0.324 e. The number of rotatable bonds is 7. The highest BCUT2D eigenvalue weighted by molar-refractivity contribution is 8.00. The van der Waals surface area contributed by atoms with Gasteiger partial charge in [-0.15, -0.1) is 11.8 Å². The molecule has 116 valence electrons. The minimum absolute atomic E-state index is 0.00203. The maximum Gasteiger partial charge on any atom is 0.237 e. The minimum atomic E-state index is -0.0907. The Bertz CT molecular complexity index is 603. The quantitative estimate of drug-likeness (QED) is 0.720. The highest BCUT2D eigenvalue weighted by atomic mass is 35.5. The van der Waals surface area contributed by atoms with Crippen molar-refractivity contribution in [1.82, 2.24) is 0 Å². The van der Waals surface area contributed by atoms with Crippen LogP contribution in [0.2, 0.25) is 5.02 Å². The van der Waals surface area contributed by atoms with Crippen LogP contribution in [0, 0.1) is 0 Å². The van der Waals surface area contributed by atoms with Crippen LogP contribution in [0.3, 0.4) is 0 Å². The topological polar surface area (TPSA) is 29.1 Å². The van der Waals surface area contributed by atoms with Gasteiger partial charge < -0.3 is 5.32 Å². The molecule has 0 heterocycles. The molecular weight excluding hydrogens is 314 g/mol. The van der Waals surface area contributed by atoms with Crippen LogP contribution in [0.4, 0.5) is 5.69 Å². The van der Waals surface area contributed by atoms with Gasteiger partial charge in [0, 0.05) is 0 Å². The first-order chi connectivity index (χ1) is 10.7. The van der Waals surface area contributed by atoms with E-state index in [1.807, 2.05) is 31.2 Å². The van der Waals surface area contributed by atoms with Crippen molar-refractivity contribution >= 4 is 35.0 Å². The molecule has 0 radical (unpaired) electrons. The minimum Gasteiger partial charge on any atom is -0.324 e. The van der Waals surface area contributed by atoms with Crippen molar-refractivity contribution < 1.29 is 4.79 Å². The summed E-state index contributed by atoms with van der Waals surface area (Å²) in [7, 11) is 0. The van der Waals surface area contributed by atoms with Crippen molar-refractivity contribution in [2.75, 3.05) is 11.1 Å². The van der Waals surface area contributed by atoms with E-state index in [4.69, 9.17) is 11.6 Å². The number of anilines is 1. The van der Waals surface area contributed by atoms with E-state index in [1.54, 1.807) is 17.8 Å². The number of aryl methyl sites for hydroxylation is 1. The zero-order valence-corrected chi connectivity index (χ0v) is 14.2. The number of benzene rings is 2. The Kier molecular flexibility index (Phi) is 6.81. The Hall–Kier alpha value is -1.45. The Labute approximate surface area is 141 Å². The standard InChI is InChI=1S/C18H20ClNOS/c1-14(18(21)20-17-12-6-5-11-16(17)19)22-13-7-10-15-8-3-2-4-9-15/h2-6,8-9,11-12,14H,7,10,13H2,1H3,(H,20,21)/t14-/m0/s1. The molecule has 1 amide bonds. The number of hydrogen-bond donors (Lipinski definition) is 1. The molecule has 0 spiro atoms. The number of nitrogens with one attached hydrogen (secondary N) is 1. The van der Waals surface area contributed by atoms with E-state index in [0.29, 0.717) is 10.7 Å². The fourth-order valence-electron chi connectivity index (χ4n) is 2.05. The lowest BCUT2D eigenvalue weighted by Crippen LogP contribution is -2.23. The summed E-state index contributed by atoms with van der Waals surface area (Å²) in [5.41, 5.74) is 2.02. The number of carbonyl (C=O) groups excluding carboxylic acids is 1. The van der Waals surface area contributed by atoms with E-state index in [2.05, 4.69) is 29.6 Å². The zero-order valence-electron chi connectivity index (χ0n) is 12.6. The monoisotopic (exact) mass is 333 g/mol. The van der Waals surface area contributed by atoms with Gasteiger partial charge in [-0.25, -0.2) is 0 Å². The molecule has 1 atom stereocenters. The lowest BCUT2D eigenvalue weighted by molar-refractivity contribution is -0.115. The van der Waals surface area contributed by atoms with Gasteiger partial charge in [0.05, 0.1) is 16.0 Å². The Morgan fingerprint density at radius 1 is 1.14 bits per heavy atom. The molecule has 2 aromatic carbocycles. The predicted octanol–water partition coefficient (Wildman–Crippen LogP) is 5.03. The zero-order chi connectivity index (χ0) is 15.8. The molecule has 0 aliphatic rings. The van der Waals surface area contributed by atoms with Crippen molar-refractivity contribution in [1.29, 1.82) is 0 Å². The fraction of sp³-hybridized carbons (Fsp3) is 0.278. The molecule has 0 aliphatic carbocycles. The Morgan fingerprint density at radius 3 is 2.55 bits per heavy atom. The third kappa shape index (κ3) is 5.39. The summed E-state index contributed by atoms with van der Waals surface area (Å²) >= 11 is 7.72. The summed E-state index contributed by atoms with van der Waals surface area (Å²) in [6.07, 6.45) is 2.12. The maximum atomic E-state index is 12.1. The first-order valence-electron chi connectivity index (χ1n) is 7.38. The molecule has 0 aromatic heterocycles. The van der Waals surface area contributed by atoms with E-state index >= 15 is 0 Å². The van der Waals surface area contributed by atoms with Crippen molar-refractivity contribution in [3.05, 3.63) is 65.2 Å². The molecule has 0 saturated carbocycles. The molecule has 2 nitrogen and oxygen atoms in total. The molecule has 0 unspecified atom stereocenters. The third-order valence-electron chi connectivity index (χ3n) is 3.32. The first-order valence-corrected chi connectivity index (χ1v) is 8.80. The van der Waals surface area contributed by atoms with Crippen molar-refractivity contribution in [2.45, 2.75) is 25.0 Å². The van der Waals surface area contributed by atoms with Gasteiger partial charge in [-0.05, 0) is 43.2 Å². The number of thioether (sulfide) groups is 1. The second kappa shape index (κ2) is 8.86. The summed E-state index contributed by atoms with van der Waals surface area (Å²) in [5, 5.41) is 3.35. The summed E-state index contributed by atoms with van der Waals surface area (Å²) in [6.45, 7) is 1.93. The van der Waals surface area contributed by atoms with E-state index in [1.165, 1.54) is 5.56 Å². The molecule has 22 heavy (non-hydrogen) atoms. The highest BCUT2D eigenvalue weighted by Crippen LogP contribution is 2.22. The molecule has 4 heteroatoms. The van der Waals surface area contributed by atoms with Gasteiger partial charge >= 0.3 is 0 Å². The SMILES string of the molecule is C[C@H](SCCCc1ccccc1)C(=O)Nc1ccccc1Cl. The third-order valence-corrected chi connectivity index (χ3v) is 4.89. The van der Waals surface area contributed by atoms with E-state index in [-0.39, 0.29) is 11.2 Å². The van der Waals surface area contributed by atoms with Crippen LogP contribution < -0.4 is 5.32 Å². The van der Waals surface area contributed by atoms with Gasteiger partial charge in [0.2, 0.25) is 5.91 Å². The molecule has 0 fully saturated rings. The number of amides is 1. The van der Waals surface area contributed by atoms with E-state index in [0.717, 1.165) is 18.6 Å². The lowest BCUT2D eigenvalue weighted by Gasteiger charge is -2.12. The van der Waals surface area contributed by atoms with Gasteiger partial charge in [-0.3, -0.25) is 4.79 Å². The van der Waals surface area contributed by atoms with Crippen molar-refractivity contribution in [3.8, 4) is 0 Å². The summed E-state index contributed by atoms with van der Waals surface area (Å²) in [5.74, 6) is 0.962. The van der Waals surface area contributed by atoms with Crippen LogP contribution in [-0.4, -0.2) is 16.9 Å². The van der Waals surface area contributed by atoms with Gasteiger partial charge in [-0.1, -0.05) is 54.1 Å². The molecule has 0 bridgehead atoms. The lowest BCUT2D eigenvalue weighted by atomic mass is 10.1. The first kappa shape index (κ1) is 16.9. The van der Waals surface area contributed by atoms with Crippen LogP contribution in [0.15, 0.2) is 54.6 Å². The molecule has 0 aliphatic heterocycles. The molecule has 1 N–H and O–H groups in total. The number of para-hydroxylation sites is 1. The smallest absolute Gasteiger partial charge is 0.237 e. The summed E-state index contributed by atoms with van der Waals surface area (Å²) in [4.78, 5) is 12.1. The Balaban J connectivity index is 1.71. The fourth-order valence-corrected chi connectivity index (χ4v) is 3.11. The average molecular weight is 334 g/mol. The van der Waals surface area contributed by atoms with Crippen LogP contribution in [0.5, 0.6) is 0 Å². The maximum absolute atomic E-state index is 12.1. The second-order valence-electron chi connectivity index (χ2n) is 5.07. The van der Waals surface area contributed by atoms with Crippen LogP contribution in [0.1, 0.15) is 18.9 Å².